The lowest BCUT2D eigenvalue weighted by Gasteiger charge is -2.19. The maximum absolute atomic E-state index is 12.6. The molecule has 1 atom stereocenters. The molecule has 1 N–H and O–H groups in total. The zero-order chi connectivity index (χ0) is 19.3. The fourth-order valence-corrected chi connectivity index (χ4v) is 2.89. The minimum Gasteiger partial charge on any atom is -0.347 e. The zero-order valence-corrected chi connectivity index (χ0v) is 15.9. The van der Waals surface area contributed by atoms with E-state index in [2.05, 4.69) is 5.32 Å². The predicted octanol–water partition coefficient (Wildman–Crippen LogP) is 2.61. The number of nitrogens with one attached hydrogen (secondary N) is 1. The van der Waals surface area contributed by atoms with Gasteiger partial charge < -0.3 is 14.8 Å². The van der Waals surface area contributed by atoms with Crippen LogP contribution >= 0.6 is 0 Å². The fraction of sp³-hybridized carbons (Fsp3) is 0.450. The van der Waals surface area contributed by atoms with Crippen LogP contribution in [-0.2, 0) is 16.1 Å². The van der Waals surface area contributed by atoms with E-state index < -0.39 is 11.7 Å². The molecule has 0 bridgehead atoms. The van der Waals surface area contributed by atoms with Gasteiger partial charge in [-0.25, -0.2) is 0 Å². The Hall–Kier alpha value is -2.63. The van der Waals surface area contributed by atoms with Crippen molar-refractivity contribution in [3.63, 3.8) is 0 Å². The number of carbonyl (C=O) groups is 3. The number of benzene rings is 1. The van der Waals surface area contributed by atoms with E-state index in [1.54, 1.807) is 21.7 Å². The molecular weight excluding hydrogens is 330 g/mol. The second-order valence-corrected chi connectivity index (χ2v) is 6.37. The van der Waals surface area contributed by atoms with Crippen molar-refractivity contribution in [2.45, 2.75) is 46.7 Å². The summed E-state index contributed by atoms with van der Waals surface area (Å²) in [4.78, 5) is 39.1. The molecule has 0 radical (unpaired) electrons. The van der Waals surface area contributed by atoms with E-state index >= 15 is 0 Å². The monoisotopic (exact) mass is 357 g/mol. The Morgan fingerprint density at radius 2 is 1.77 bits per heavy atom. The first-order valence-corrected chi connectivity index (χ1v) is 9.13. The van der Waals surface area contributed by atoms with Crippen molar-refractivity contribution in [3.8, 4) is 0 Å². The summed E-state index contributed by atoms with van der Waals surface area (Å²) in [6, 6.07) is 7.27. The molecule has 0 aliphatic carbocycles. The highest BCUT2D eigenvalue weighted by molar-refractivity contribution is 6.45. The third kappa shape index (κ3) is 4.12. The van der Waals surface area contributed by atoms with E-state index in [9.17, 15) is 14.4 Å². The van der Waals surface area contributed by atoms with Gasteiger partial charge in [0.05, 0.1) is 5.56 Å². The summed E-state index contributed by atoms with van der Waals surface area (Å²) in [7, 11) is 0. The van der Waals surface area contributed by atoms with Gasteiger partial charge in [-0.2, -0.15) is 0 Å². The highest BCUT2D eigenvalue weighted by Crippen LogP contribution is 2.22. The molecule has 0 spiro atoms. The minimum atomic E-state index is -0.614. The van der Waals surface area contributed by atoms with Gasteiger partial charge in [0.1, 0.15) is 6.54 Å². The Labute approximate surface area is 154 Å². The van der Waals surface area contributed by atoms with Crippen LogP contribution in [0.15, 0.2) is 30.5 Å². The smallest absolute Gasteiger partial charge is 0.292 e. The van der Waals surface area contributed by atoms with Crippen LogP contribution in [0.4, 0.5) is 0 Å². The number of Topliss-reactive ketones (excluding diaryl/α,β-unsaturated/α-hetero) is 1. The number of ketones is 1. The Balaban J connectivity index is 2.36. The van der Waals surface area contributed by atoms with Crippen molar-refractivity contribution in [2.75, 3.05) is 13.1 Å². The van der Waals surface area contributed by atoms with Crippen molar-refractivity contribution >= 4 is 28.5 Å². The first-order chi connectivity index (χ1) is 12.4. The van der Waals surface area contributed by atoms with Crippen LogP contribution in [0.5, 0.6) is 0 Å². The summed E-state index contributed by atoms with van der Waals surface area (Å²) < 4.78 is 1.75. The summed E-state index contributed by atoms with van der Waals surface area (Å²) in [5, 5.41) is 3.39. The first kappa shape index (κ1) is 19.7. The highest BCUT2D eigenvalue weighted by atomic mass is 16.2. The standard InChI is InChI=1S/C20H27N3O3/c1-5-14(4)21-20(26)19(25)16-12-23(13-18(24)22(6-2)7-3)17-11-9-8-10-15(16)17/h8-12,14H,5-7,13H2,1-4H3,(H,21,26)/t14-/m0/s1. The van der Waals surface area contributed by atoms with E-state index in [0.29, 0.717) is 24.0 Å². The van der Waals surface area contributed by atoms with Gasteiger partial charge in [-0.3, -0.25) is 14.4 Å². The van der Waals surface area contributed by atoms with Crippen LogP contribution in [0.25, 0.3) is 10.9 Å². The minimum absolute atomic E-state index is 0.0150. The van der Waals surface area contributed by atoms with E-state index in [1.165, 1.54) is 0 Å². The summed E-state index contributed by atoms with van der Waals surface area (Å²) in [6.45, 7) is 9.09. The zero-order valence-electron chi connectivity index (χ0n) is 15.9. The average Bonchev–Trinajstić information content (AvgIpc) is 3.00. The molecule has 1 aromatic carbocycles. The molecule has 140 valence electrons. The number of hydrogen-bond acceptors (Lipinski definition) is 3. The largest absolute Gasteiger partial charge is 0.347 e. The lowest BCUT2D eigenvalue weighted by atomic mass is 10.1. The lowest BCUT2D eigenvalue weighted by molar-refractivity contribution is -0.131. The van der Waals surface area contributed by atoms with Gasteiger partial charge >= 0.3 is 0 Å². The molecule has 6 nitrogen and oxygen atoms in total. The Morgan fingerprint density at radius 3 is 2.38 bits per heavy atom. The molecule has 0 unspecified atom stereocenters. The SMILES string of the molecule is CC[C@H](C)NC(=O)C(=O)c1cn(CC(=O)N(CC)CC)c2ccccc12. The van der Waals surface area contributed by atoms with E-state index in [0.717, 1.165) is 11.9 Å². The van der Waals surface area contributed by atoms with Crippen LogP contribution in [-0.4, -0.2) is 46.2 Å². The number of likely N-dealkylation sites (N-methyl/N-ethyl adjacent to an activating group) is 1. The topological polar surface area (TPSA) is 71.4 Å². The number of nitrogens with zero attached hydrogens (tertiary/aromatic N) is 2. The maximum Gasteiger partial charge on any atom is 0.292 e. The number of carbonyl (C=O) groups excluding carboxylic acids is 3. The molecule has 0 aliphatic rings. The third-order valence-electron chi connectivity index (χ3n) is 4.65. The van der Waals surface area contributed by atoms with E-state index in [1.807, 2.05) is 45.9 Å². The van der Waals surface area contributed by atoms with E-state index in [4.69, 9.17) is 0 Å². The molecule has 26 heavy (non-hydrogen) atoms. The summed E-state index contributed by atoms with van der Waals surface area (Å²) >= 11 is 0. The van der Waals surface area contributed by atoms with Crippen molar-refractivity contribution < 1.29 is 14.4 Å². The van der Waals surface area contributed by atoms with Crippen molar-refractivity contribution in [1.82, 2.24) is 14.8 Å². The lowest BCUT2D eigenvalue weighted by Crippen LogP contribution is -2.37. The first-order valence-electron chi connectivity index (χ1n) is 9.13. The Kier molecular flexibility index (Phi) is 6.55. The van der Waals surface area contributed by atoms with Gasteiger partial charge in [0, 0.05) is 36.2 Å². The van der Waals surface area contributed by atoms with E-state index in [-0.39, 0.29) is 18.5 Å². The number of hydrogen-bond donors (Lipinski definition) is 1. The molecule has 2 aromatic rings. The van der Waals surface area contributed by atoms with Gasteiger partial charge in [-0.05, 0) is 33.3 Å². The maximum atomic E-state index is 12.6. The molecule has 1 heterocycles. The van der Waals surface area contributed by atoms with Crippen LogP contribution in [0, 0.1) is 0 Å². The molecule has 6 heteroatoms. The number of rotatable bonds is 8. The van der Waals surface area contributed by atoms with Gasteiger partial charge in [-0.1, -0.05) is 25.1 Å². The molecule has 2 amide bonds. The molecule has 2 rings (SSSR count). The molecular formula is C20H27N3O3. The second kappa shape index (κ2) is 8.65. The van der Waals surface area contributed by atoms with Crippen LogP contribution < -0.4 is 5.32 Å². The summed E-state index contributed by atoms with van der Waals surface area (Å²) in [5.41, 5.74) is 1.10. The van der Waals surface area contributed by atoms with Crippen LogP contribution in [0.2, 0.25) is 0 Å². The van der Waals surface area contributed by atoms with Gasteiger partial charge in [0.15, 0.2) is 0 Å². The number of aromatic nitrogens is 1. The van der Waals surface area contributed by atoms with Gasteiger partial charge in [0.2, 0.25) is 5.91 Å². The molecule has 0 saturated heterocycles. The normalized spacial score (nSPS) is 12.0. The Bertz CT molecular complexity index is 806. The molecule has 0 saturated carbocycles. The summed E-state index contributed by atoms with van der Waals surface area (Å²) in [5.74, 6) is -1.20. The van der Waals surface area contributed by atoms with Crippen LogP contribution in [0.1, 0.15) is 44.5 Å². The van der Waals surface area contributed by atoms with Crippen molar-refractivity contribution in [3.05, 3.63) is 36.0 Å². The van der Waals surface area contributed by atoms with Crippen molar-refractivity contribution in [2.24, 2.45) is 0 Å². The van der Waals surface area contributed by atoms with Crippen molar-refractivity contribution in [1.29, 1.82) is 0 Å². The molecule has 0 fully saturated rings. The predicted molar refractivity (Wildman–Crippen MR) is 102 cm³/mol. The number of fused-ring (bicyclic) bond motifs is 1. The number of amides is 2. The molecule has 1 aromatic heterocycles. The van der Waals surface area contributed by atoms with Crippen LogP contribution in [0.3, 0.4) is 0 Å². The number of para-hydroxylation sites is 1. The van der Waals surface area contributed by atoms with Gasteiger partial charge in [-0.15, -0.1) is 0 Å². The second-order valence-electron chi connectivity index (χ2n) is 6.37. The third-order valence-corrected chi connectivity index (χ3v) is 4.65. The summed E-state index contributed by atoms with van der Waals surface area (Å²) in [6.07, 6.45) is 2.36. The average molecular weight is 357 g/mol. The Morgan fingerprint density at radius 1 is 1.12 bits per heavy atom. The highest BCUT2D eigenvalue weighted by Gasteiger charge is 2.23. The molecule has 0 aliphatic heterocycles. The quantitative estimate of drug-likeness (QED) is 0.583. The van der Waals surface area contributed by atoms with Gasteiger partial charge in [0.25, 0.3) is 11.7 Å². The fourth-order valence-electron chi connectivity index (χ4n) is 2.89.